The zero-order valence-electron chi connectivity index (χ0n) is 17.8. The van der Waals surface area contributed by atoms with E-state index in [2.05, 4.69) is 5.32 Å². The number of nitrogens with one attached hydrogen (secondary N) is 1. The van der Waals surface area contributed by atoms with Crippen LogP contribution in [-0.2, 0) is 27.3 Å². The average Bonchev–Trinajstić information content (AvgIpc) is 2.82. The summed E-state index contributed by atoms with van der Waals surface area (Å²) < 4.78 is 5.48. The molecule has 31 heavy (non-hydrogen) atoms. The molecule has 164 valence electrons. The van der Waals surface area contributed by atoms with E-state index in [4.69, 9.17) is 4.74 Å². The SMILES string of the molecule is CC(C)(C)OC(=O)N1CCCc2cc3c(cc2C1)C(=O)N(C1CCC(=O)NC1=O)C3=O. The first-order chi connectivity index (χ1) is 14.5. The van der Waals surface area contributed by atoms with Crippen LogP contribution in [0, 0.1) is 0 Å². The molecular formula is C22H25N3O6. The molecule has 3 aliphatic rings. The van der Waals surface area contributed by atoms with Gasteiger partial charge in [0.25, 0.3) is 11.8 Å². The molecule has 1 atom stereocenters. The van der Waals surface area contributed by atoms with Crippen LogP contribution in [0.15, 0.2) is 12.1 Å². The first kappa shape index (κ1) is 21.0. The molecule has 1 aromatic carbocycles. The maximum absolute atomic E-state index is 13.0. The standard InChI is InChI=1S/C22H25N3O6/c1-22(2,3)31-21(30)24-8-4-5-12-9-14-15(10-13(12)11-24)20(29)25(19(14)28)16-6-7-17(26)23-18(16)27/h9-10,16H,4-8,11H2,1-3H3,(H,23,26,27). The number of hydrogen-bond acceptors (Lipinski definition) is 6. The van der Waals surface area contributed by atoms with E-state index in [1.54, 1.807) is 37.8 Å². The molecule has 3 aliphatic heterocycles. The van der Waals surface area contributed by atoms with Crippen LogP contribution in [0.2, 0.25) is 0 Å². The third kappa shape index (κ3) is 3.92. The van der Waals surface area contributed by atoms with Crippen LogP contribution in [0.1, 0.15) is 71.9 Å². The molecular weight excluding hydrogens is 402 g/mol. The number of fused-ring (bicyclic) bond motifs is 2. The van der Waals surface area contributed by atoms with Crippen molar-refractivity contribution >= 4 is 29.7 Å². The van der Waals surface area contributed by atoms with Crippen LogP contribution < -0.4 is 5.32 Å². The number of imide groups is 2. The zero-order chi connectivity index (χ0) is 22.5. The second-order valence-corrected chi connectivity index (χ2v) is 9.12. The number of carbonyl (C=O) groups excluding carboxylic acids is 5. The molecule has 1 saturated heterocycles. The molecule has 1 fully saturated rings. The highest BCUT2D eigenvalue weighted by molar-refractivity contribution is 6.23. The molecule has 0 aliphatic carbocycles. The number of nitrogens with zero attached hydrogens (tertiary/aromatic N) is 2. The largest absolute Gasteiger partial charge is 0.444 e. The van der Waals surface area contributed by atoms with Crippen molar-refractivity contribution in [3.05, 3.63) is 34.4 Å². The van der Waals surface area contributed by atoms with Gasteiger partial charge in [-0.2, -0.15) is 0 Å². The molecule has 5 amide bonds. The average molecular weight is 427 g/mol. The van der Waals surface area contributed by atoms with Gasteiger partial charge < -0.3 is 9.64 Å². The van der Waals surface area contributed by atoms with E-state index >= 15 is 0 Å². The number of benzene rings is 1. The summed E-state index contributed by atoms with van der Waals surface area (Å²) >= 11 is 0. The van der Waals surface area contributed by atoms with Gasteiger partial charge in [-0.25, -0.2) is 4.79 Å². The maximum atomic E-state index is 13.0. The monoisotopic (exact) mass is 427 g/mol. The third-order valence-corrected chi connectivity index (χ3v) is 5.65. The molecule has 0 spiro atoms. The molecule has 0 saturated carbocycles. The normalized spacial score (nSPS) is 21.5. The Balaban J connectivity index is 1.62. The summed E-state index contributed by atoms with van der Waals surface area (Å²) in [5.41, 5.74) is 1.55. The van der Waals surface area contributed by atoms with Gasteiger partial charge >= 0.3 is 6.09 Å². The molecule has 1 aromatic rings. The van der Waals surface area contributed by atoms with Gasteiger partial charge in [0, 0.05) is 19.5 Å². The molecule has 4 rings (SSSR count). The number of amides is 5. The summed E-state index contributed by atoms with van der Waals surface area (Å²) in [6.07, 6.45) is 1.12. The number of ether oxygens (including phenoxy) is 1. The van der Waals surface area contributed by atoms with Gasteiger partial charge in [-0.1, -0.05) is 0 Å². The van der Waals surface area contributed by atoms with Crippen LogP contribution in [0.4, 0.5) is 4.79 Å². The van der Waals surface area contributed by atoms with E-state index in [-0.39, 0.29) is 30.5 Å². The summed E-state index contributed by atoms with van der Waals surface area (Å²) in [4.78, 5) is 64.8. The Kier molecular flexibility index (Phi) is 5.07. The lowest BCUT2D eigenvalue weighted by Gasteiger charge is -2.27. The van der Waals surface area contributed by atoms with Crippen LogP contribution in [-0.4, -0.2) is 57.7 Å². The Morgan fingerprint density at radius 3 is 2.29 bits per heavy atom. The molecule has 1 N–H and O–H groups in total. The summed E-state index contributed by atoms with van der Waals surface area (Å²) in [6, 6.07) is 2.36. The molecule has 3 heterocycles. The van der Waals surface area contributed by atoms with Crippen molar-refractivity contribution in [1.82, 2.24) is 15.1 Å². The minimum Gasteiger partial charge on any atom is -0.444 e. The van der Waals surface area contributed by atoms with E-state index < -0.39 is 41.4 Å². The predicted molar refractivity (Wildman–Crippen MR) is 108 cm³/mol. The zero-order valence-corrected chi connectivity index (χ0v) is 17.8. The van der Waals surface area contributed by atoms with Crippen LogP contribution in [0.5, 0.6) is 0 Å². The second kappa shape index (κ2) is 7.47. The van der Waals surface area contributed by atoms with E-state index in [9.17, 15) is 24.0 Å². The van der Waals surface area contributed by atoms with E-state index in [1.807, 2.05) is 0 Å². The van der Waals surface area contributed by atoms with Crippen molar-refractivity contribution in [2.45, 2.75) is 64.6 Å². The highest BCUT2D eigenvalue weighted by atomic mass is 16.6. The van der Waals surface area contributed by atoms with Gasteiger partial charge in [-0.15, -0.1) is 0 Å². The number of piperidine rings is 1. The van der Waals surface area contributed by atoms with Crippen molar-refractivity contribution < 1.29 is 28.7 Å². The van der Waals surface area contributed by atoms with Gasteiger partial charge in [0.05, 0.1) is 11.1 Å². The van der Waals surface area contributed by atoms with Crippen molar-refractivity contribution in [1.29, 1.82) is 0 Å². The van der Waals surface area contributed by atoms with E-state index in [1.165, 1.54) is 0 Å². The van der Waals surface area contributed by atoms with Gasteiger partial charge in [-0.05, 0) is 63.3 Å². The topological polar surface area (TPSA) is 113 Å². The number of aryl methyl sites for hydroxylation is 1. The molecule has 9 nitrogen and oxygen atoms in total. The lowest BCUT2D eigenvalue weighted by atomic mass is 9.97. The number of carbonyl (C=O) groups is 5. The lowest BCUT2D eigenvalue weighted by molar-refractivity contribution is -0.136. The number of hydrogen-bond donors (Lipinski definition) is 1. The van der Waals surface area contributed by atoms with Crippen molar-refractivity contribution in [2.24, 2.45) is 0 Å². The van der Waals surface area contributed by atoms with Gasteiger partial charge in [-0.3, -0.25) is 29.4 Å². The van der Waals surface area contributed by atoms with Gasteiger partial charge in [0.1, 0.15) is 11.6 Å². The highest BCUT2D eigenvalue weighted by Gasteiger charge is 2.45. The van der Waals surface area contributed by atoms with Crippen molar-refractivity contribution in [3.8, 4) is 0 Å². The van der Waals surface area contributed by atoms with Crippen molar-refractivity contribution in [3.63, 3.8) is 0 Å². The van der Waals surface area contributed by atoms with Gasteiger partial charge in [0.2, 0.25) is 11.8 Å². The first-order valence-electron chi connectivity index (χ1n) is 10.4. The lowest BCUT2D eigenvalue weighted by Crippen LogP contribution is -2.54. The van der Waals surface area contributed by atoms with E-state index in [0.29, 0.717) is 19.4 Å². The van der Waals surface area contributed by atoms with Crippen LogP contribution in [0.25, 0.3) is 0 Å². The maximum Gasteiger partial charge on any atom is 0.410 e. The highest BCUT2D eigenvalue weighted by Crippen LogP contribution is 2.32. The van der Waals surface area contributed by atoms with E-state index in [0.717, 1.165) is 16.0 Å². The molecule has 0 aromatic heterocycles. The van der Waals surface area contributed by atoms with Crippen LogP contribution in [0.3, 0.4) is 0 Å². The molecule has 0 bridgehead atoms. The fourth-order valence-corrected chi connectivity index (χ4v) is 4.21. The Morgan fingerprint density at radius 1 is 1.03 bits per heavy atom. The number of rotatable bonds is 1. The minimum absolute atomic E-state index is 0.0746. The van der Waals surface area contributed by atoms with Crippen LogP contribution >= 0.6 is 0 Å². The Hall–Kier alpha value is -3.23. The summed E-state index contributed by atoms with van der Waals surface area (Å²) in [5.74, 6) is -2.12. The van der Waals surface area contributed by atoms with Gasteiger partial charge in [0.15, 0.2) is 0 Å². The smallest absolute Gasteiger partial charge is 0.410 e. The molecule has 0 radical (unpaired) electrons. The molecule has 9 heteroatoms. The summed E-state index contributed by atoms with van der Waals surface area (Å²) in [7, 11) is 0. The predicted octanol–water partition coefficient (Wildman–Crippen LogP) is 1.77. The molecule has 1 unspecified atom stereocenters. The minimum atomic E-state index is -0.997. The second-order valence-electron chi connectivity index (χ2n) is 9.12. The Morgan fingerprint density at radius 2 is 1.68 bits per heavy atom. The summed E-state index contributed by atoms with van der Waals surface area (Å²) in [6.45, 7) is 6.20. The fourth-order valence-electron chi connectivity index (χ4n) is 4.21. The Labute approximate surface area is 179 Å². The first-order valence-corrected chi connectivity index (χ1v) is 10.4. The Bertz CT molecular complexity index is 1010. The quantitative estimate of drug-likeness (QED) is 0.684. The summed E-state index contributed by atoms with van der Waals surface area (Å²) in [5, 5.41) is 2.19. The van der Waals surface area contributed by atoms with Crippen molar-refractivity contribution in [2.75, 3.05) is 6.54 Å². The third-order valence-electron chi connectivity index (χ3n) is 5.65. The fraction of sp³-hybridized carbons (Fsp3) is 0.500.